The second kappa shape index (κ2) is 2.82. The first-order valence-corrected chi connectivity index (χ1v) is 5.71. The number of benzene rings is 1. The van der Waals surface area contributed by atoms with Gasteiger partial charge in [0.2, 0.25) is 0 Å². The molecular formula is C9H11NO2S. The Labute approximate surface area is 77.5 Å². The van der Waals surface area contributed by atoms with Crippen molar-refractivity contribution in [1.29, 1.82) is 0 Å². The summed E-state index contributed by atoms with van der Waals surface area (Å²) in [6, 6.07) is 8.30. The summed E-state index contributed by atoms with van der Waals surface area (Å²) in [7, 11) is -3.14. The maximum Gasteiger partial charge on any atom is 0.182 e. The van der Waals surface area contributed by atoms with Gasteiger partial charge in [-0.25, -0.2) is 8.42 Å². The van der Waals surface area contributed by atoms with Gasteiger partial charge >= 0.3 is 0 Å². The molecule has 1 fully saturated rings. The van der Waals surface area contributed by atoms with Crippen molar-refractivity contribution < 1.29 is 8.42 Å². The van der Waals surface area contributed by atoms with Gasteiger partial charge in [-0.1, -0.05) is 18.2 Å². The maximum absolute atomic E-state index is 11.7. The zero-order valence-electron chi connectivity index (χ0n) is 7.05. The molecule has 70 valence electrons. The normalized spacial score (nSPS) is 27.2. The van der Waals surface area contributed by atoms with E-state index < -0.39 is 9.84 Å². The number of nitrogens with two attached hydrogens (primary N) is 1. The fourth-order valence-corrected chi connectivity index (χ4v) is 3.15. The fraction of sp³-hybridized carbons (Fsp3) is 0.333. The van der Waals surface area contributed by atoms with Gasteiger partial charge in [0.15, 0.2) is 9.84 Å². The number of hydrogen-bond acceptors (Lipinski definition) is 3. The molecule has 1 aliphatic carbocycles. The van der Waals surface area contributed by atoms with Crippen molar-refractivity contribution in [3.05, 3.63) is 30.3 Å². The molecule has 2 N–H and O–H groups in total. The smallest absolute Gasteiger partial charge is 0.182 e. The highest BCUT2D eigenvalue weighted by molar-refractivity contribution is 7.92. The lowest BCUT2D eigenvalue weighted by molar-refractivity contribution is 0.594. The van der Waals surface area contributed by atoms with Crippen LogP contribution < -0.4 is 5.73 Å². The summed E-state index contributed by atoms with van der Waals surface area (Å²) in [6.45, 7) is 0. The van der Waals surface area contributed by atoms with E-state index in [2.05, 4.69) is 0 Å². The van der Waals surface area contributed by atoms with Gasteiger partial charge in [0.25, 0.3) is 0 Å². The van der Waals surface area contributed by atoms with E-state index in [4.69, 9.17) is 5.73 Å². The van der Waals surface area contributed by atoms with Gasteiger partial charge in [-0.3, -0.25) is 0 Å². The van der Waals surface area contributed by atoms with E-state index in [1.54, 1.807) is 30.3 Å². The standard InChI is InChI=1S/C9H11NO2S/c10-8-6-9(8)13(11,12)7-4-2-1-3-5-7/h1-5,8-9H,6,10H2/t8-,9+/m1/s1. The molecule has 3 nitrogen and oxygen atoms in total. The van der Waals surface area contributed by atoms with Crippen molar-refractivity contribution in [2.45, 2.75) is 22.6 Å². The Morgan fingerprint density at radius 1 is 1.23 bits per heavy atom. The first kappa shape index (κ1) is 8.72. The summed E-state index contributed by atoms with van der Waals surface area (Å²) < 4.78 is 23.4. The molecule has 4 heteroatoms. The lowest BCUT2D eigenvalue weighted by Crippen LogP contribution is -2.15. The summed E-state index contributed by atoms with van der Waals surface area (Å²) in [5, 5.41) is -0.352. The Balaban J connectivity index is 2.36. The largest absolute Gasteiger partial charge is 0.326 e. The van der Waals surface area contributed by atoms with Crippen LogP contribution in [0.4, 0.5) is 0 Å². The van der Waals surface area contributed by atoms with Crippen LogP contribution in [0.25, 0.3) is 0 Å². The average Bonchev–Trinajstić information content (AvgIpc) is 2.85. The average molecular weight is 197 g/mol. The Morgan fingerprint density at radius 2 is 1.77 bits per heavy atom. The van der Waals surface area contributed by atoms with Gasteiger partial charge < -0.3 is 5.73 Å². The van der Waals surface area contributed by atoms with Gasteiger partial charge in [0.05, 0.1) is 10.1 Å². The Hall–Kier alpha value is -0.870. The van der Waals surface area contributed by atoms with Gasteiger partial charge in [-0.15, -0.1) is 0 Å². The third kappa shape index (κ3) is 1.47. The molecule has 1 saturated carbocycles. The van der Waals surface area contributed by atoms with E-state index in [0.717, 1.165) is 0 Å². The summed E-state index contributed by atoms with van der Waals surface area (Å²) in [6.07, 6.45) is 0.594. The molecular weight excluding hydrogens is 186 g/mol. The van der Waals surface area contributed by atoms with Crippen molar-refractivity contribution in [3.8, 4) is 0 Å². The molecule has 13 heavy (non-hydrogen) atoms. The second-order valence-electron chi connectivity index (χ2n) is 3.30. The summed E-state index contributed by atoms with van der Waals surface area (Å²) >= 11 is 0. The van der Waals surface area contributed by atoms with Crippen LogP contribution in [0, 0.1) is 0 Å². The molecule has 0 aromatic heterocycles. The molecule has 0 radical (unpaired) electrons. The van der Waals surface area contributed by atoms with Gasteiger partial charge in [-0.05, 0) is 18.6 Å². The zero-order chi connectivity index (χ0) is 9.47. The molecule has 1 aromatic rings. The van der Waals surface area contributed by atoms with Crippen molar-refractivity contribution in [1.82, 2.24) is 0 Å². The molecule has 0 spiro atoms. The quantitative estimate of drug-likeness (QED) is 0.753. The molecule has 0 saturated heterocycles. The van der Waals surface area contributed by atoms with Crippen molar-refractivity contribution in [2.75, 3.05) is 0 Å². The van der Waals surface area contributed by atoms with E-state index in [-0.39, 0.29) is 11.3 Å². The first-order valence-electron chi connectivity index (χ1n) is 4.17. The first-order chi connectivity index (χ1) is 6.12. The Morgan fingerprint density at radius 3 is 2.23 bits per heavy atom. The van der Waals surface area contributed by atoms with E-state index in [1.165, 1.54) is 0 Å². The minimum atomic E-state index is -3.14. The third-order valence-electron chi connectivity index (χ3n) is 2.25. The van der Waals surface area contributed by atoms with Gasteiger partial charge in [0, 0.05) is 6.04 Å². The molecule has 2 atom stereocenters. The van der Waals surface area contributed by atoms with E-state index in [9.17, 15) is 8.42 Å². The molecule has 0 unspecified atom stereocenters. The zero-order valence-corrected chi connectivity index (χ0v) is 7.87. The monoisotopic (exact) mass is 197 g/mol. The molecule has 1 aliphatic rings. The van der Waals surface area contributed by atoms with Crippen LogP contribution in [0.2, 0.25) is 0 Å². The van der Waals surface area contributed by atoms with Crippen molar-refractivity contribution in [3.63, 3.8) is 0 Å². The van der Waals surface area contributed by atoms with Crippen LogP contribution in [-0.4, -0.2) is 19.7 Å². The summed E-state index contributed by atoms with van der Waals surface area (Å²) in [5.74, 6) is 0. The van der Waals surface area contributed by atoms with E-state index in [0.29, 0.717) is 11.3 Å². The minimum Gasteiger partial charge on any atom is -0.326 e. The van der Waals surface area contributed by atoms with E-state index in [1.807, 2.05) is 0 Å². The van der Waals surface area contributed by atoms with Crippen LogP contribution in [0.3, 0.4) is 0 Å². The highest BCUT2D eigenvalue weighted by atomic mass is 32.2. The van der Waals surface area contributed by atoms with E-state index >= 15 is 0 Å². The number of rotatable bonds is 2. The molecule has 0 bridgehead atoms. The Bertz CT molecular complexity index is 399. The SMILES string of the molecule is N[C@@H]1C[C@@H]1S(=O)(=O)c1ccccc1. The van der Waals surface area contributed by atoms with Crippen LogP contribution in [0.15, 0.2) is 35.2 Å². The summed E-state index contributed by atoms with van der Waals surface area (Å²) in [5.41, 5.74) is 5.51. The molecule has 0 heterocycles. The highest BCUT2D eigenvalue weighted by Gasteiger charge is 2.45. The Kier molecular flexibility index (Phi) is 1.89. The second-order valence-corrected chi connectivity index (χ2v) is 5.46. The topological polar surface area (TPSA) is 60.2 Å². The van der Waals surface area contributed by atoms with Gasteiger partial charge in [-0.2, -0.15) is 0 Å². The molecule has 2 rings (SSSR count). The number of hydrogen-bond donors (Lipinski definition) is 1. The van der Waals surface area contributed by atoms with Crippen LogP contribution >= 0.6 is 0 Å². The van der Waals surface area contributed by atoms with Gasteiger partial charge in [0.1, 0.15) is 0 Å². The summed E-state index contributed by atoms with van der Waals surface area (Å²) in [4.78, 5) is 0.382. The fourth-order valence-electron chi connectivity index (χ4n) is 1.33. The maximum atomic E-state index is 11.7. The van der Waals surface area contributed by atoms with Crippen LogP contribution in [0.1, 0.15) is 6.42 Å². The van der Waals surface area contributed by atoms with Crippen molar-refractivity contribution >= 4 is 9.84 Å². The van der Waals surface area contributed by atoms with Crippen LogP contribution in [-0.2, 0) is 9.84 Å². The molecule has 0 amide bonds. The van der Waals surface area contributed by atoms with Crippen LogP contribution in [0.5, 0.6) is 0 Å². The predicted molar refractivity (Wildman–Crippen MR) is 50.0 cm³/mol. The highest BCUT2D eigenvalue weighted by Crippen LogP contribution is 2.32. The minimum absolute atomic E-state index is 0.162. The predicted octanol–water partition coefficient (Wildman–Crippen LogP) is 0.560. The lowest BCUT2D eigenvalue weighted by atomic mass is 10.4. The third-order valence-corrected chi connectivity index (χ3v) is 4.52. The lowest BCUT2D eigenvalue weighted by Gasteiger charge is -2.01. The number of sulfone groups is 1. The molecule has 1 aromatic carbocycles. The molecule has 0 aliphatic heterocycles. The van der Waals surface area contributed by atoms with Crippen molar-refractivity contribution in [2.24, 2.45) is 5.73 Å².